The number of fused-ring (bicyclic) bond motifs is 1. The minimum Gasteiger partial charge on any atom is -0.393 e. The molecule has 4 nitrogen and oxygen atoms in total. The van der Waals surface area contributed by atoms with Gasteiger partial charge in [-0.15, -0.1) is 0 Å². The maximum atomic E-state index is 11.8. The summed E-state index contributed by atoms with van der Waals surface area (Å²) in [5, 5.41) is 0. The van der Waals surface area contributed by atoms with E-state index in [-0.39, 0.29) is 29.6 Å². The van der Waals surface area contributed by atoms with Crippen LogP contribution in [0.15, 0.2) is 60.7 Å². The van der Waals surface area contributed by atoms with Gasteiger partial charge in [0, 0.05) is 11.1 Å². The molecule has 0 bridgehead atoms. The molecule has 0 aromatic heterocycles. The quantitative estimate of drug-likeness (QED) is 0.475. The highest BCUT2D eigenvalue weighted by atomic mass is 16.6. The van der Waals surface area contributed by atoms with Crippen molar-refractivity contribution in [3.8, 4) is 0 Å². The molecule has 4 rings (SSSR count). The maximum absolute atomic E-state index is 11.8. The van der Waals surface area contributed by atoms with Crippen LogP contribution >= 0.6 is 0 Å². The molecule has 2 unspecified atom stereocenters. The number of benzene rings is 2. The van der Waals surface area contributed by atoms with Crippen LogP contribution in [-0.2, 0) is 14.3 Å². The smallest absolute Gasteiger partial charge is 0.317 e. The molecule has 2 aliphatic rings. The zero-order valence-electron chi connectivity index (χ0n) is 13.9. The van der Waals surface area contributed by atoms with E-state index in [0.717, 1.165) is 36.8 Å². The van der Waals surface area contributed by atoms with E-state index < -0.39 is 0 Å². The summed E-state index contributed by atoms with van der Waals surface area (Å²) in [4.78, 5) is 33.8. The first-order valence-electron chi connectivity index (χ1n) is 8.57. The second-order valence-electron chi connectivity index (χ2n) is 6.30. The highest BCUT2D eigenvalue weighted by Gasteiger charge is 2.44. The van der Waals surface area contributed by atoms with E-state index in [4.69, 9.17) is 0 Å². The van der Waals surface area contributed by atoms with Crippen molar-refractivity contribution in [2.24, 2.45) is 11.8 Å². The number of hydrogen-bond acceptors (Lipinski definition) is 4. The molecule has 128 valence electrons. The number of cyclic esters (lactones) is 2. The topological polar surface area (TPSA) is 60.4 Å². The van der Waals surface area contributed by atoms with Gasteiger partial charge in [-0.1, -0.05) is 73.5 Å². The minimum atomic E-state index is -0.292. The van der Waals surface area contributed by atoms with Crippen LogP contribution in [0.3, 0.4) is 0 Å². The van der Waals surface area contributed by atoms with E-state index in [1.807, 2.05) is 60.7 Å². The summed E-state index contributed by atoms with van der Waals surface area (Å²) in [7, 11) is 0. The standard InChI is InChI=1S/C13H10O.C8H10O3/c14-13(11-7-3-1-4-8-11)12-9-5-2-6-10-12;9-7-5-3-1-2-4-6(5)8(10)11-7/h1-10H;5-6H,1-4H2. The second-order valence-corrected chi connectivity index (χ2v) is 6.30. The molecule has 1 saturated carbocycles. The molecule has 25 heavy (non-hydrogen) atoms. The molecule has 1 aliphatic heterocycles. The lowest BCUT2D eigenvalue weighted by molar-refractivity contribution is -0.153. The lowest BCUT2D eigenvalue weighted by Gasteiger charge is -2.18. The van der Waals surface area contributed by atoms with Crippen LogP contribution < -0.4 is 0 Å². The summed E-state index contributed by atoms with van der Waals surface area (Å²) in [6.45, 7) is 0. The Hall–Kier alpha value is -2.75. The average molecular weight is 336 g/mol. The van der Waals surface area contributed by atoms with Gasteiger partial charge in [0.05, 0.1) is 11.8 Å². The molecule has 0 N–H and O–H groups in total. The molecule has 4 heteroatoms. The van der Waals surface area contributed by atoms with Crippen molar-refractivity contribution in [1.29, 1.82) is 0 Å². The van der Waals surface area contributed by atoms with Crippen LogP contribution in [0, 0.1) is 11.8 Å². The number of rotatable bonds is 2. The van der Waals surface area contributed by atoms with Crippen molar-refractivity contribution >= 4 is 17.7 Å². The molecule has 2 fully saturated rings. The summed E-state index contributed by atoms with van der Waals surface area (Å²) in [6, 6.07) is 18.6. The van der Waals surface area contributed by atoms with Gasteiger partial charge in [-0.3, -0.25) is 14.4 Å². The lowest BCUT2D eigenvalue weighted by atomic mass is 9.81. The number of esters is 2. The van der Waals surface area contributed by atoms with Crippen molar-refractivity contribution < 1.29 is 19.1 Å². The summed E-state index contributed by atoms with van der Waals surface area (Å²) in [6.07, 6.45) is 3.80. The van der Waals surface area contributed by atoms with Crippen LogP contribution in [0.2, 0.25) is 0 Å². The first-order valence-corrected chi connectivity index (χ1v) is 8.57. The van der Waals surface area contributed by atoms with Gasteiger partial charge in [0.2, 0.25) is 0 Å². The zero-order valence-corrected chi connectivity index (χ0v) is 13.9. The Kier molecular flexibility index (Phi) is 5.39. The number of ketones is 1. The van der Waals surface area contributed by atoms with Crippen molar-refractivity contribution in [2.45, 2.75) is 25.7 Å². The van der Waals surface area contributed by atoms with Gasteiger partial charge in [0.1, 0.15) is 0 Å². The number of carbonyl (C=O) groups is 3. The predicted molar refractivity (Wildman–Crippen MR) is 92.9 cm³/mol. The molecule has 0 amide bonds. The normalized spacial score (nSPS) is 21.6. The molecular weight excluding hydrogens is 316 g/mol. The van der Waals surface area contributed by atoms with Crippen LogP contribution in [-0.4, -0.2) is 17.7 Å². The fourth-order valence-electron chi connectivity index (χ4n) is 3.29. The van der Waals surface area contributed by atoms with Gasteiger partial charge in [-0.05, 0) is 12.8 Å². The largest absolute Gasteiger partial charge is 0.393 e. The molecule has 1 heterocycles. The Morgan fingerprint density at radius 2 is 1.12 bits per heavy atom. The molecule has 2 atom stereocenters. The Balaban J connectivity index is 0.000000150. The molecule has 2 aromatic carbocycles. The van der Waals surface area contributed by atoms with Gasteiger partial charge < -0.3 is 4.74 Å². The fraction of sp³-hybridized carbons (Fsp3) is 0.286. The Bertz CT molecular complexity index is 688. The molecule has 0 radical (unpaired) electrons. The SMILES string of the molecule is O=C(c1ccccc1)c1ccccc1.O=C1OC(=O)C2CCCCC12. The van der Waals surface area contributed by atoms with Crippen LogP contribution in [0.1, 0.15) is 41.6 Å². The van der Waals surface area contributed by atoms with E-state index >= 15 is 0 Å². The van der Waals surface area contributed by atoms with E-state index in [2.05, 4.69) is 4.74 Å². The highest BCUT2D eigenvalue weighted by molar-refractivity contribution is 6.08. The van der Waals surface area contributed by atoms with Gasteiger partial charge in [0.15, 0.2) is 5.78 Å². The second kappa shape index (κ2) is 7.88. The summed E-state index contributed by atoms with van der Waals surface area (Å²) in [5.41, 5.74) is 1.47. The summed E-state index contributed by atoms with van der Waals surface area (Å²) < 4.78 is 4.53. The molecule has 0 spiro atoms. The summed E-state index contributed by atoms with van der Waals surface area (Å²) >= 11 is 0. The highest BCUT2D eigenvalue weighted by Crippen LogP contribution is 2.36. The molecule has 2 aromatic rings. The molecule has 1 saturated heterocycles. The van der Waals surface area contributed by atoms with E-state index in [0.29, 0.717) is 0 Å². The van der Waals surface area contributed by atoms with Gasteiger partial charge in [-0.25, -0.2) is 0 Å². The molecular formula is C21H20O4. The Labute approximate surface area is 146 Å². The van der Waals surface area contributed by atoms with Crippen molar-refractivity contribution in [1.82, 2.24) is 0 Å². The monoisotopic (exact) mass is 336 g/mol. The third-order valence-corrected chi connectivity index (χ3v) is 4.64. The van der Waals surface area contributed by atoms with Crippen LogP contribution in [0.4, 0.5) is 0 Å². The van der Waals surface area contributed by atoms with Crippen molar-refractivity contribution in [3.05, 3.63) is 71.8 Å². The van der Waals surface area contributed by atoms with Crippen LogP contribution in [0.25, 0.3) is 0 Å². The van der Waals surface area contributed by atoms with E-state index in [1.165, 1.54) is 0 Å². The van der Waals surface area contributed by atoms with Gasteiger partial charge in [-0.2, -0.15) is 0 Å². The lowest BCUT2D eigenvalue weighted by Crippen LogP contribution is -2.21. The zero-order chi connectivity index (χ0) is 17.6. The van der Waals surface area contributed by atoms with E-state index in [1.54, 1.807) is 0 Å². The molecule has 1 aliphatic carbocycles. The summed E-state index contributed by atoms with van der Waals surface area (Å²) in [5.74, 6) is -0.710. The Morgan fingerprint density at radius 1 is 0.720 bits per heavy atom. The van der Waals surface area contributed by atoms with E-state index in [9.17, 15) is 14.4 Å². The predicted octanol–water partition coefficient (Wildman–Crippen LogP) is 3.79. The Morgan fingerprint density at radius 3 is 1.52 bits per heavy atom. The van der Waals surface area contributed by atoms with Gasteiger partial charge >= 0.3 is 11.9 Å². The first kappa shape index (κ1) is 17.1. The van der Waals surface area contributed by atoms with Gasteiger partial charge in [0.25, 0.3) is 0 Å². The fourth-order valence-corrected chi connectivity index (χ4v) is 3.29. The van der Waals surface area contributed by atoms with Crippen molar-refractivity contribution in [2.75, 3.05) is 0 Å². The number of ether oxygens (including phenoxy) is 1. The average Bonchev–Trinajstić information content (AvgIpc) is 2.97. The number of carbonyl (C=O) groups excluding carboxylic acids is 3. The number of hydrogen-bond donors (Lipinski definition) is 0. The first-order chi connectivity index (χ1) is 12.2. The third kappa shape index (κ3) is 4.02. The third-order valence-electron chi connectivity index (χ3n) is 4.64. The minimum absolute atomic E-state index is 0.0752. The maximum Gasteiger partial charge on any atom is 0.317 e. The van der Waals surface area contributed by atoms with Crippen molar-refractivity contribution in [3.63, 3.8) is 0 Å². The van der Waals surface area contributed by atoms with Crippen LogP contribution in [0.5, 0.6) is 0 Å².